The van der Waals surface area contributed by atoms with E-state index >= 15 is 0 Å². The van der Waals surface area contributed by atoms with Crippen molar-refractivity contribution in [3.8, 4) is 44.5 Å². The monoisotopic (exact) mass is 816 g/mol. The zero-order chi connectivity index (χ0) is 42.7. The average molecular weight is 817 g/mol. The highest BCUT2D eigenvalue weighted by molar-refractivity contribution is 6.22. The number of fused-ring (bicyclic) bond motifs is 2. The van der Waals surface area contributed by atoms with Gasteiger partial charge in [-0.1, -0.05) is 194 Å². The number of para-hydroxylation sites is 2. The van der Waals surface area contributed by atoms with Gasteiger partial charge >= 0.3 is 0 Å². The predicted octanol–water partition coefficient (Wildman–Crippen LogP) is 17.6. The molecule has 0 aromatic heterocycles. The third kappa shape index (κ3) is 7.38. The van der Waals surface area contributed by atoms with Crippen LogP contribution in [0.1, 0.15) is 0 Å². The molecule has 0 aliphatic heterocycles. The maximum atomic E-state index is 2.40. The van der Waals surface area contributed by atoms with Crippen LogP contribution in [0.15, 0.2) is 267 Å². The van der Waals surface area contributed by atoms with Crippen LogP contribution in [0.4, 0.5) is 34.1 Å². The van der Waals surface area contributed by atoms with Crippen LogP contribution >= 0.6 is 0 Å². The Hall–Kier alpha value is -8.46. The van der Waals surface area contributed by atoms with Crippen molar-refractivity contribution in [2.75, 3.05) is 9.80 Å². The molecule has 0 radical (unpaired) electrons. The molecule has 0 fully saturated rings. The highest BCUT2D eigenvalue weighted by Crippen LogP contribution is 2.48. The molecule has 0 saturated heterocycles. The van der Waals surface area contributed by atoms with Gasteiger partial charge in [0, 0.05) is 34.1 Å². The van der Waals surface area contributed by atoms with Gasteiger partial charge in [-0.05, 0) is 139 Å². The summed E-state index contributed by atoms with van der Waals surface area (Å²) in [6.07, 6.45) is 0. The zero-order valence-electron chi connectivity index (χ0n) is 35.3. The Bertz CT molecular complexity index is 3090. The molecule has 0 saturated carbocycles. The molecule has 0 atom stereocenters. The van der Waals surface area contributed by atoms with E-state index in [0.29, 0.717) is 0 Å². The Labute approximate surface area is 375 Å². The van der Waals surface area contributed by atoms with Gasteiger partial charge in [-0.2, -0.15) is 0 Å². The minimum absolute atomic E-state index is 1.09. The molecule has 0 N–H and O–H groups in total. The van der Waals surface area contributed by atoms with E-state index in [1.54, 1.807) is 0 Å². The van der Waals surface area contributed by atoms with Gasteiger partial charge in [-0.3, -0.25) is 0 Å². The van der Waals surface area contributed by atoms with Gasteiger partial charge in [0.1, 0.15) is 0 Å². The molecule has 0 unspecified atom stereocenters. The van der Waals surface area contributed by atoms with Crippen LogP contribution in [0.5, 0.6) is 0 Å². The lowest BCUT2D eigenvalue weighted by Gasteiger charge is -2.28. The number of hydrogen-bond acceptors (Lipinski definition) is 2. The summed E-state index contributed by atoms with van der Waals surface area (Å²) < 4.78 is 0. The lowest BCUT2D eigenvalue weighted by atomic mass is 9.85. The molecule has 2 nitrogen and oxygen atoms in total. The predicted molar refractivity (Wildman–Crippen MR) is 273 cm³/mol. The second-order valence-electron chi connectivity index (χ2n) is 16.1. The highest BCUT2D eigenvalue weighted by Gasteiger charge is 2.22. The van der Waals surface area contributed by atoms with Crippen LogP contribution < -0.4 is 9.80 Å². The van der Waals surface area contributed by atoms with Crippen molar-refractivity contribution >= 4 is 55.7 Å². The third-order valence-corrected chi connectivity index (χ3v) is 12.2. The molecule has 0 aliphatic rings. The first kappa shape index (κ1) is 38.5. The first-order chi connectivity index (χ1) is 31.8. The summed E-state index contributed by atoms with van der Waals surface area (Å²) in [5.74, 6) is 0. The summed E-state index contributed by atoms with van der Waals surface area (Å²) in [6, 6.07) is 96.3. The number of benzene rings is 11. The van der Waals surface area contributed by atoms with Crippen LogP contribution in [0, 0.1) is 0 Å². The van der Waals surface area contributed by atoms with Gasteiger partial charge < -0.3 is 9.80 Å². The normalized spacial score (nSPS) is 11.1. The first-order valence-corrected chi connectivity index (χ1v) is 21.9. The minimum Gasteiger partial charge on any atom is -0.310 e. The quantitative estimate of drug-likeness (QED) is 0.127. The van der Waals surface area contributed by atoms with Crippen LogP contribution in [0.25, 0.3) is 66.1 Å². The van der Waals surface area contributed by atoms with Crippen molar-refractivity contribution in [2.24, 2.45) is 0 Å². The fourth-order valence-corrected chi connectivity index (χ4v) is 9.23. The van der Waals surface area contributed by atoms with Crippen LogP contribution in [-0.2, 0) is 0 Å². The highest BCUT2D eigenvalue weighted by atomic mass is 15.1. The molecule has 0 spiro atoms. The standard InChI is InChI=1S/C62H44N2/c1-7-19-45(20-8-1)47-31-35-53(36-32-47)63(51-27-15-5-16-28-51)55-39-41-57-59(43-55)61(49-23-11-3-12-24-49)58-42-40-56(44-60(58)62(57)50-25-13-4-14-26-50)64(52-29-17-6-18-30-52)54-37-33-48(34-38-54)46-21-9-2-10-22-46/h1-44H. The number of rotatable bonds is 10. The molecule has 0 bridgehead atoms. The molecule has 0 aliphatic carbocycles. The summed E-state index contributed by atoms with van der Waals surface area (Å²) in [7, 11) is 0. The Morgan fingerprint density at radius 1 is 0.172 bits per heavy atom. The summed E-state index contributed by atoms with van der Waals surface area (Å²) in [6.45, 7) is 0. The molecule has 64 heavy (non-hydrogen) atoms. The first-order valence-electron chi connectivity index (χ1n) is 21.9. The van der Waals surface area contributed by atoms with E-state index in [2.05, 4.69) is 277 Å². The van der Waals surface area contributed by atoms with E-state index in [4.69, 9.17) is 0 Å². The minimum atomic E-state index is 1.09. The van der Waals surface area contributed by atoms with E-state index in [-0.39, 0.29) is 0 Å². The largest absolute Gasteiger partial charge is 0.310 e. The summed E-state index contributed by atoms with van der Waals surface area (Å²) in [4.78, 5) is 4.75. The Morgan fingerprint density at radius 3 is 0.750 bits per heavy atom. The van der Waals surface area contributed by atoms with Crippen LogP contribution in [0.3, 0.4) is 0 Å². The summed E-state index contributed by atoms with van der Waals surface area (Å²) in [5, 5.41) is 4.79. The smallest absolute Gasteiger partial charge is 0.0468 e. The second kappa shape index (κ2) is 17.1. The van der Waals surface area contributed by atoms with Gasteiger partial charge in [0.2, 0.25) is 0 Å². The van der Waals surface area contributed by atoms with Gasteiger partial charge in [0.15, 0.2) is 0 Å². The Balaban J connectivity index is 1.14. The van der Waals surface area contributed by atoms with E-state index in [0.717, 1.165) is 34.1 Å². The maximum absolute atomic E-state index is 2.40. The number of nitrogens with zero attached hydrogens (tertiary/aromatic N) is 2. The Kier molecular flexibility index (Phi) is 10.3. The van der Waals surface area contributed by atoms with Crippen molar-refractivity contribution in [1.82, 2.24) is 0 Å². The molecule has 0 heterocycles. The van der Waals surface area contributed by atoms with Crippen molar-refractivity contribution in [3.63, 3.8) is 0 Å². The zero-order valence-corrected chi connectivity index (χ0v) is 35.3. The van der Waals surface area contributed by atoms with Crippen molar-refractivity contribution < 1.29 is 0 Å². The van der Waals surface area contributed by atoms with Crippen molar-refractivity contribution in [3.05, 3.63) is 267 Å². The molecule has 0 amide bonds. The lowest BCUT2D eigenvalue weighted by molar-refractivity contribution is 1.29. The van der Waals surface area contributed by atoms with E-state index in [1.165, 1.54) is 66.1 Å². The molecular weight excluding hydrogens is 773 g/mol. The molecule has 11 aromatic carbocycles. The van der Waals surface area contributed by atoms with Crippen molar-refractivity contribution in [2.45, 2.75) is 0 Å². The fraction of sp³-hybridized carbons (Fsp3) is 0. The van der Waals surface area contributed by atoms with Gasteiger partial charge in [-0.25, -0.2) is 0 Å². The van der Waals surface area contributed by atoms with Gasteiger partial charge in [-0.15, -0.1) is 0 Å². The molecule has 302 valence electrons. The number of hydrogen-bond donors (Lipinski definition) is 0. The van der Waals surface area contributed by atoms with E-state index < -0.39 is 0 Å². The number of anilines is 6. The van der Waals surface area contributed by atoms with Crippen LogP contribution in [0.2, 0.25) is 0 Å². The Morgan fingerprint density at radius 2 is 0.422 bits per heavy atom. The summed E-state index contributed by atoms with van der Waals surface area (Å²) >= 11 is 0. The second-order valence-corrected chi connectivity index (χ2v) is 16.1. The topological polar surface area (TPSA) is 6.48 Å². The molecule has 11 rings (SSSR count). The summed E-state index contributed by atoms with van der Waals surface area (Å²) in [5.41, 5.74) is 16.1. The van der Waals surface area contributed by atoms with E-state index in [1.807, 2.05) is 0 Å². The maximum Gasteiger partial charge on any atom is 0.0468 e. The van der Waals surface area contributed by atoms with Crippen molar-refractivity contribution in [1.29, 1.82) is 0 Å². The molecule has 11 aromatic rings. The third-order valence-electron chi connectivity index (χ3n) is 12.2. The average Bonchev–Trinajstić information content (AvgIpc) is 3.38. The fourth-order valence-electron chi connectivity index (χ4n) is 9.23. The molecular formula is C62H44N2. The van der Waals surface area contributed by atoms with Crippen LogP contribution in [-0.4, -0.2) is 0 Å². The van der Waals surface area contributed by atoms with Gasteiger partial charge in [0.05, 0.1) is 0 Å². The lowest BCUT2D eigenvalue weighted by Crippen LogP contribution is -2.10. The molecule has 2 heteroatoms. The SMILES string of the molecule is c1ccc(-c2ccc(N(c3ccccc3)c3ccc4c(-c5ccccc5)c5cc(N(c6ccccc6)c6ccc(-c7ccccc7)cc6)ccc5c(-c5ccccc5)c4c3)cc2)cc1. The van der Waals surface area contributed by atoms with E-state index in [9.17, 15) is 0 Å². The van der Waals surface area contributed by atoms with Gasteiger partial charge in [0.25, 0.3) is 0 Å².